The zero-order chi connectivity index (χ0) is 18.1. The molecule has 1 unspecified atom stereocenters. The first-order chi connectivity index (χ1) is 11.9. The molecule has 1 heterocycles. The van der Waals surface area contributed by atoms with Crippen LogP contribution in [0.15, 0.2) is 36.4 Å². The van der Waals surface area contributed by atoms with Gasteiger partial charge in [0.2, 0.25) is 0 Å². The molecular formula is C19H16Cl2O3S. The number of aliphatic carboxylic acids is 1. The molecule has 3 rings (SSSR count). The summed E-state index contributed by atoms with van der Waals surface area (Å²) >= 11 is 14.3. The summed E-state index contributed by atoms with van der Waals surface area (Å²) in [6, 6.07) is 11.9. The summed E-state index contributed by atoms with van der Waals surface area (Å²) in [4.78, 5) is 12.3. The van der Waals surface area contributed by atoms with Gasteiger partial charge in [0.1, 0.15) is 10.8 Å². The van der Waals surface area contributed by atoms with Crippen molar-refractivity contribution in [3.05, 3.63) is 52.0 Å². The summed E-state index contributed by atoms with van der Waals surface area (Å²) in [6.07, 6.45) is -0.625. The molecule has 0 bridgehead atoms. The summed E-state index contributed by atoms with van der Waals surface area (Å²) in [6.45, 7) is 3.80. The highest BCUT2D eigenvalue weighted by molar-refractivity contribution is 7.23. The van der Waals surface area contributed by atoms with E-state index in [0.717, 1.165) is 20.5 Å². The molecule has 0 radical (unpaired) electrons. The zero-order valence-electron chi connectivity index (χ0n) is 13.7. The van der Waals surface area contributed by atoms with Crippen LogP contribution in [-0.4, -0.2) is 17.2 Å². The number of ether oxygens (including phenoxy) is 1. The molecule has 6 heteroatoms. The van der Waals surface area contributed by atoms with Crippen molar-refractivity contribution in [1.82, 2.24) is 0 Å². The molecular weight excluding hydrogens is 379 g/mol. The Morgan fingerprint density at radius 2 is 1.96 bits per heavy atom. The van der Waals surface area contributed by atoms with Crippen LogP contribution in [-0.2, 0) is 4.79 Å². The van der Waals surface area contributed by atoms with Crippen LogP contribution >= 0.6 is 34.5 Å². The minimum absolute atomic E-state index is 0.243. The van der Waals surface area contributed by atoms with E-state index < -0.39 is 12.1 Å². The van der Waals surface area contributed by atoms with E-state index >= 15 is 0 Å². The molecule has 0 amide bonds. The number of carboxylic acid groups (broad SMARTS) is 1. The summed E-state index contributed by atoms with van der Waals surface area (Å²) in [5.41, 5.74) is 2.31. The number of thiophene rings is 1. The van der Waals surface area contributed by atoms with E-state index in [1.165, 1.54) is 5.56 Å². The number of rotatable bonds is 5. The van der Waals surface area contributed by atoms with Gasteiger partial charge in [0.25, 0.3) is 0 Å². The maximum atomic E-state index is 11.2. The van der Waals surface area contributed by atoms with Crippen molar-refractivity contribution in [1.29, 1.82) is 0 Å². The third-order valence-corrected chi connectivity index (χ3v) is 6.15. The number of fused-ring (bicyclic) bond motifs is 1. The fourth-order valence-electron chi connectivity index (χ4n) is 2.63. The van der Waals surface area contributed by atoms with E-state index in [9.17, 15) is 9.90 Å². The monoisotopic (exact) mass is 394 g/mol. The van der Waals surface area contributed by atoms with Crippen LogP contribution in [0.25, 0.3) is 20.5 Å². The fourth-order valence-corrected chi connectivity index (χ4v) is 4.37. The number of halogens is 2. The summed E-state index contributed by atoms with van der Waals surface area (Å²) in [5, 5.41) is 10.7. The van der Waals surface area contributed by atoms with Crippen molar-refractivity contribution in [2.45, 2.75) is 26.4 Å². The number of hydrogen-bond acceptors (Lipinski definition) is 3. The van der Waals surface area contributed by atoms with Gasteiger partial charge >= 0.3 is 5.97 Å². The van der Waals surface area contributed by atoms with E-state index in [4.69, 9.17) is 27.9 Å². The number of carboxylic acids is 1. The second-order valence-corrected chi connectivity index (χ2v) is 7.51. The Labute approximate surface area is 159 Å². The number of benzene rings is 2. The van der Waals surface area contributed by atoms with Gasteiger partial charge < -0.3 is 9.84 Å². The topological polar surface area (TPSA) is 46.5 Å². The number of hydrogen-bond donors (Lipinski definition) is 1. The minimum atomic E-state index is -1.03. The molecule has 0 fully saturated rings. The lowest BCUT2D eigenvalue weighted by Crippen LogP contribution is -2.26. The molecule has 130 valence electrons. The SMILES string of the molecule is CCC(Oc1cc2cc(-c3ccccc3C)sc2c(Cl)c1Cl)C(=O)O. The third kappa shape index (κ3) is 3.47. The molecule has 0 aliphatic rings. The second kappa shape index (κ2) is 7.24. The lowest BCUT2D eigenvalue weighted by molar-refractivity contribution is -0.145. The molecule has 3 aromatic rings. The Morgan fingerprint density at radius 3 is 2.60 bits per heavy atom. The quantitative estimate of drug-likeness (QED) is 0.542. The van der Waals surface area contributed by atoms with Crippen LogP contribution in [0.2, 0.25) is 10.0 Å². The molecule has 1 atom stereocenters. The van der Waals surface area contributed by atoms with E-state index in [-0.39, 0.29) is 5.02 Å². The molecule has 25 heavy (non-hydrogen) atoms. The fraction of sp³-hybridized carbons (Fsp3) is 0.211. The minimum Gasteiger partial charge on any atom is -0.479 e. The van der Waals surface area contributed by atoms with Crippen LogP contribution in [0.1, 0.15) is 18.9 Å². The predicted molar refractivity (Wildman–Crippen MR) is 104 cm³/mol. The van der Waals surface area contributed by atoms with Gasteiger partial charge in [0, 0.05) is 4.88 Å². The van der Waals surface area contributed by atoms with Gasteiger partial charge in [-0.05, 0) is 42.0 Å². The van der Waals surface area contributed by atoms with Crippen LogP contribution in [0, 0.1) is 6.92 Å². The molecule has 1 aromatic heterocycles. The first-order valence-electron chi connectivity index (χ1n) is 7.79. The first-order valence-corrected chi connectivity index (χ1v) is 9.36. The van der Waals surface area contributed by atoms with Crippen LogP contribution in [0.4, 0.5) is 0 Å². The molecule has 1 N–H and O–H groups in total. The summed E-state index contributed by atoms with van der Waals surface area (Å²) in [7, 11) is 0. The molecule has 0 spiro atoms. The van der Waals surface area contributed by atoms with Crippen molar-refractivity contribution < 1.29 is 14.6 Å². The van der Waals surface area contributed by atoms with Gasteiger partial charge in [0.05, 0.1) is 9.72 Å². The molecule has 0 aliphatic carbocycles. The lowest BCUT2D eigenvalue weighted by Gasteiger charge is -2.15. The number of carbonyl (C=O) groups is 1. The second-order valence-electron chi connectivity index (χ2n) is 5.70. The predicted octanol–water partition coefficient (Wildman–Crippen LogP) is 6.43. The standard InChI is InChI=1S/C19H16Cl2O3S/c1-3-13(19(22)23)24-14-8-11-9-15(12-7-5-4-6-10(12)2)25-18(11)17(21)16(14)20/h4-9,13H,3H2,1-2H3,(H,22,23). The van der Waals surface area contributed by atoms with E-state index in [0.29, 0.717) is 17.2 Å². The smallest absolute Gasteiger partial charge is 0.344 e. The van der Waals surface area contributed by atoms with Crippen LogP contribution in [0.5, 0.6) is 5.75 Å². The van der Waals surface area contributed by atoms with Crippen molar-refractivity contribution in [3.8, 4) is 16.2 Å². The average molecular weight is 395 g/mol. The van der Waals surface area contributed by atoms with Gasteiger partial charge in [-0.25, -0.2) is 4.79 Å². The van der Waals surface area contributed by atoms with Crippen molar-refractivity contribution >= 4 is 50.6 Å². The summed E-state index contributed by atoms with van der Waals surface area (Å²) in [5.74, 6) is -0.733. The lowest BCUT2D eigenvalue weighted by atomic mass is 10.1. The van der Waals surface area contributed by atoms with Crippen LogP contribution < -0.4 is 4.74 Å². The molecule has 0 aliphatic heterocycles. The van der Waals surface area contributed by atoms with E-state index in [1.54, 1.807) is 24.3 Å². The largest absolute Gasteiger partial charge is 0.479 e. The Morgan fingerprint density at radius 1 is 1.24 bits per heavy atom. The highest BCUT2D eigenvalue weighted by Gasteiger charge is 2.21. The highest BCUT2D eigenvalue weighted by Crippen LogP contribution is 2.45. The van der Waals surface area contributed by atoms with Crippen molar-refractivity contribution in [2.24, 2.45) is 0 Å². The van der Waals surface area contributed by atoms with Gasteiger partial charge in [-0.2, -0.15) is 0 Å². The Bertz CT molecular complexity index is 949. The van der Waals surface area contributed by atoms with Crippen LogP contribution in [0.3, 0.4) is 0 Å². The normalized spacial score (nSPS) is 12.3. The van der Waals surface area contributed by atoms with E-state index in [1.807, 2.05) is 18.2 Å². The van der Waals surface area contributed by atoms with Gasteiger partial charge in [-0.3, -0.25) is 0 Å². The van der Waals surface area contributed by atoms with Crippen molar-refractivity contribution in [2.75, 3.05) is 0 Å². The Kier molecular flexibility index (Phi) is 5.23. The maximum absolute atomic E-state index is 11.2. The molecule has 3 nitrogen and oxygen atoms in total. The number of aryl methyl sites for hydroxylation is 1. The van der Waals surface area contributed by atoms with Gasteiger partial charge in [-0.1, -0.05) is 54.4 Å². The molecule has 0 saturated carbocycles. The zero-order valence-corrected chi connectivity index (χ0v) is 16.0. The maximum Gasteiger partial charge on any atom is 0.344 e. The Balaban J connectivity index is 2.10. The van der Waals surface area contributed by atoms with Gasteiger partial charge in [-0.15, -0.1) is 11.3 Å². The molecule has 2 aromatic carbocycles. The van der Waals surface area contributed by atoms with Gasteiger partial charge in [0.15, 0.2) is 6.10 Å². The van der Waals surface area contributed by atoms with Crippen molar-refractivity contribution in [3.63, 3.8) is 0 Å². The third-order valence-electron chi connectivity index (χ3n) is 3.98. The molecule has 0 saturated heterocycles. The summed E-state index contributed by atoms with van der Waals surface area (Å²) < 4.78 is 6.43. The highest BCUT2D eigenvalue weighted by atomic mass is 35.5. The Hall–Kier alpha value is -1.75. The average Bonchev–Trinajstić information content (AvgIpc) is 3.00. The van der Waals surface area contributed by atoms with E-state index in [2.05, 4.69) is 19.1 Å². The first kappa shape index (κ1) is 18.1.